The van der Waals surface area contributed by atoms with Gasteiger partial charge in [-0.2, -0.15) is 0 Å². The molecule has 2 aromatic carbocycles. The smallest absolute Gasteiger partial charge is 0.258 e. The molecule has 4 nitrogen and oxygen atoms in total. The molecule has 0 radical (unpaired) electrons. The van der Waals surface area contributed by atoms with Crippen LogP contribution in [-0.4, -0.2) is 31.2 Å². The molecule has 6 heteroatoms. The van der Waals surface area contributed by atoms with Gasteiger partial charge in [-0.25, -0.2) is 8.78 Å². The molecule has 0 aliphatic carbocycles. The lowest BCUT2D eigenvalue weighted by Gasteiger charge is -2.18. The zero-order valence-corrected chi connectivity index (χ0v) is 12.0. The van der Waals surface area contributed by atoms with Gasteiger partial charge in [0.25, 0.3) is 5.91 Å². The fourth-order valence-electron chi connectivity index (χ4n) is 1.95. The van der Waals surface area contributed by atoms with Crippen LogP contribution in [0, 0.1) is 11.6 Å². The van der Waals surface area contributed by atoms with Crippen molar-refractivity contribution in [3.05, 3.63) is 59.7 Å². The Labute approximate surface area is 127 Å². The average molecular weight is 306 g/mol. The molecule has 2 aromatic rings. The van der Waals surface area contributed by atoms with Crippen LogP contribution in [0.15, 0.2) is 42.5 Å². The van der Waals surface area contributed by atoms with Gasteiger partial charge in [-0.15, -0.1) is 0 Å². The Hall–Kier alpha value is -2.47. The minimum absolute atomic E-state index is 0.0356. The Balaban J connectivity index is 2.10. The van der Waals surface area contributed by atoms with Gasteiger partial charge in [-0.3, -0.25) is 4.79 Å². The van der Waals surface area contributed by atoms with Crippen LogP contribution in [0.3, 0.4) is 0 Å². The van der Waals surface area contributed by atoms with E-state index in [0.717, 1.165) is 23.9 Å². The summed E-state index contributed by atoms with van der Waals surface area (Å²) in [7, 11) is 1.83. The number of carbonyl (C=O) groups excluding carboxylic acids is 1. The maximum atomic E-state index is 13.5. The topological polar surface area (TPSA) is 52.6 Å². The first-order valence-corrected chi connectivity index (χ1v) is 6.69. The van der Waals surface area contributed by atoms with Crippen molar-refractivity contribution in [1.29, 1.82) is 0 Å². The number of rotatable bonds is 5. The van der Waals surface area contributed by atoms with Gasteiger partial charge in [0, 0.05) is 25.0 Å². The lowest BCUT2D eigenvalue weighted by molar-refractivity contribution is 0.102. The first-order valence-electron chi connectivity index (χ1n) is 6.69. The third-order valence-electron chi connectivity index (χ3n) is 3.17. The summed E-state index contributed by atoms with van der Waals surface area (Å²) < 4.78 is 26.6. The van der Waals surface area contributed by atoms with Crippen LogP contribution in [-0.2, 0) is 0 Å². The number of benzene rings is 2. The summed E-state index contributed by atoms with van der Waals surface area (Å²) in [5.74, 6) is -2.17. The van der Waals surface area contributed by atoms with Crippen molar-refractivity contribution < 1.29 is 18.7 Å². The van der Waals surface area contributed by atoms with Crippen LogP contribution >= 0.6 is 0 Å². The van der Waals surface area contributed by atoms with E-state index in [2.05, 4.69) is 5.32 Å². The number of halogens is 2. The van der Waals surface area contributed by atoms with Crippen molar-refractivity contribution in [2.75, 3.05) is 30.4 Å². The highest BCUT2D eigenvalue weighted by Crippen LogP contribution is 2.18. The van der Waals surface area contributed by atoms with Gasteiger partial charge in [-0.05, 0) is 42.5 Å². The van der Waals surface area contributed by atoms with Gasteiger partial charge in [0.05, 0.1) is 12.2 Å². The maximum absolute atomic E-state index is 13.5. The fraction of sp³-hybridized carbons (Fsp3) is 0.188. The van der Waals surface area contributed by atoms with E-state index in [1.165, 1.54) is 0 Å². The second-order valence-electron chi connectivity index (χ2n) is 4.77. The van der Waals surface area contributed by atoms with Gasteiger partial charge in [0.15, 0.2) is 0 Å². The average Bonchev–Trinajstić information content (AvgIpc) is 2.50. The van der Waals surface area contributed by atoms with E-state index in [-0.39, 0.29) is 12.2 Å². The van der Waals surface area contributed by atoms with Crippen LogP contribution in [0.2, 0.25) is 0 Å². The lowest BCUT2D eigenvalue weighted by atomic mass is 10.2. The zero-order valence-electron chi connectivity index (χ0n) is 12.0. The van der Waals surface area contributed by atoms with Gasteiger partial charge in [0.1, 0.15) is 11.6 Å². The molecule has 0 saturated heterocycles. The Morgan fingerprint density at radius 1 is 1.18 bits per heavy atom. The molecule has 22 heavy (non-hydrogen) atoms. The molecular weight excluding hydrogens is 290 g/mol. The zero-order chi connectivity index (χ0) is 16.1. The maximum Gasteiger partial charge on any atom is 0.258 e. The molecular formula is C16H16F2N2O2. The number of aliphatic hydroxyl groups excluding tert-OH is 1. The largest absolute Gasteiger partial charge is 0.395 e. The SMILES string of the molecule is CN(CCO)c1ccc(NC(=O)c2cc(F)ccc2F)cc1. The molecule has 0 bridgehead atoms. The number of amides is 1. The highest BCUT2D eigenvalue weighted by molar-refractivity contribution is 6.04. The minimum Gasteiger partial charge on any atom is -0.395 e. The lowest BCUT2D eigenvalue weighted by Crippen LogP contribution is -2.21. The number of nitrogens with zero attached hydrogens (tertiary/aromatic N) is 1. The third-order valence-corrected chi connectivity index (χ3v) is 3.17. The number of hydrogen-bond acceptors (Lipinski definition) is 3. The molecule has 0 aromatic heterocycles. The Morgan fingerprint density at radius 2 is 1.86 bits per heavy atom. The van der Waals surface area contributed by atoms with Crippen LogP contribution in [0.4, 0.5) is 20.2 Å². The molecule has 1 amide bonds. The van der Waals surface area contributed by atoms with Gasteiger partial charge >= 0.3 is 0 Å². The standard InChI is InChI=1S/C16H16F2N2O2/c1-20(8-9-21)13-5-3-12(4-6-13)19-16(22)14-10-11(17)2-7-15(14)18/h2-7,10,21H,8-9H2,1H3,(H,19,22). The van der Waals surface area contributed by atoms with Crippen LogP contribution < -0.4 is 10.2 Å². The van der Waals surface area contributed by atoms with E-state index in [0.29, 0.717) is 12.2 Å². The molecule has 0 atom stereocenters. The first-order chi connectivity index (χ1) is 10.5. The number of anilines is 2. The summed E-state index contributed by atoms with van der Waals surface area (Å²) in [4.78, 5) is 13.8. The second kappa shape index (κ2) is 7.00. The second-order valence-corrected chi connectivity index (χ2v) is 4.77. The van der Waals surface area contributed by atoms with E-state index in [4.69, 9.17) is 5.11 Å². The van der Waals surface area contributed by atoms with Crippen molar-refractivity contribution in [3.63, 3.8) is 0 Å². The third kappa shape index (κ3) is 3.79. The summed E-state index contributed by atoms with van der Waals surface area (Å²) in [5, 5.41) is 11.4. The van der Waals surface area contributed by atoms with E-state index in [9.17, 15) is 13.6 Å². The molecule has 0 aliphatic heterocycles. The van der Waals surface area contributed by atoms with E-state index in [1.54, 1.807) is 24.3 Å². The van der Waals surface area contributed by atoms with Crippen LogP contribution in [0.5, 0.6) is 0 Å². The Morgan fingerprint density at radius 3 is 2.50 bits per heavy atom. The van der Waals surface area contributed by atoms with Crippen molar-refractivity contribution >= 4 is 17.3 Å². The molecule has 116 valence electrons. The quantitative estimate of drug-likeness (QED) is 0.893. The highest BCUT2D eigenvalue weighted by Gasteiger charge is 2.13. The fourth-order valence-corrected chi connectivity index (χ4v) is 1.95. The Bertz CT molecular complexity index is 660. The molecule has 0 heterocycles. The monoisotopic (exact) mass is 306 g/mol. The van der Waals surface area contributed by atoms with Crippen molar-refractivity contribution in [1.82, 2.24) is 0 Å². The van der Waals surface area contributed by atoms with Gasteiger partial charge < -0.3 is 15.3 Å². The summed E-state index contributed by atoms with van der Waals surface area (Å²) in [6, 6.07) is 9.54. The van der Waals surface area contributed by atoms with E-state index < -0.39 is 17.5 Å². The van der Waals surface area contributed by atoms with E-state index in [1.807, 2.05) is 11.9 Å². The number of nitrogens with one attached hydrogen (secondary N) is 1. The van der Waals surface area contributed by atoms with Crippen molar-refractivity contribution in [2.45, 2.75) is 0 Å². The summed E-state index contributed by atoms with van der Waals surface area (Å²) in [6.07, 6.45) is 0. The molecule has 0 aliphatic rings. The minimum atomic E-state index is -0.779. The highest BCUT2D eigenvalue weighted by atomic mass is 19.1. The predicted octanol–water partition coefficient (Wildman–Crippen LogP) is 2.65. The summed E-state index contributed by atoms with van der Waals surface area (Å²) in [6.45, 7) is 0.522. The summed E-state index contributed by atoms with van der Waals surface area (Å²) >= 11 is 0. The molecule has 0 spiro atoms. The molecule has 0 saturated carbocycles. The first kappa shape index (κ1) is 15.9. The van der Waals surface area contributed by atoms with Crippen molar-refractivity contribution in [3.8, 4) is 0 Å². The summed E-state index contributed by atoms with van der Waals surface area (Å²) in [5.41, 5.74) is 0.986. The molecule has 2 rings (SSSR count). The number of carbonyl (C=O) groups is 1. The number of aliphatic hydroxyl groups is 1. The van der Waals surface area contributed by atoms with Crippen LogP contribution in [0.1, 0.15) is 10.4 Å². The van der Waals surface area contributed by atoms with Crippen molar-refractivity contribution in [2.24, 2.45) is 0 Å². The molecule has 0 unspecified atom stereocenters. The van der Waals surface area contributed by atoms with E-state index >= 15 is 0 Å². The van der Waals surface area contributed by atoms with Crippen LogP contribution in [0.25, 0.3) is 0 Å². The van der Waals surface area contributed by atoms with Gasteiger partial charge in [0.2, 0.25) is 0 Å². The Kier molecular flexibility index (Phi) is 5.06. The number of likely N-dealkylation sites (N-methyl/N-ethyl adjacent to an activating group) is 1. The predicted molar refractivity (Wildman–Crippen MR) is 81.1 cm³/mol. The molecule has 0 fully saturated rings. The number of hydrogen-bond donors (Lipinski definition) is 2. The van der Waals surface area contributed by atoms with Gasteiger partial charge in [-0.1, -0.05) is 0 Å². The molecule has 2 N–H and O–H groups in total. The normalized spacial score (nSPS) is 10.4.